The largest absolute Gasteiger partial charge is 0.493 e. The number of methoxy groups -OCH3 is 1. The highest BCUT2D eigenvalue weighted by Crippen LogP contribution is 2.29. The Labute approximate surface area is 99.4 Å². The summed E-state index contributed by atoms with van der Waals surface area (Å²) in [7, 11) is 1.58. The van der Waals surface area contributed by atoms with Crippen LogP contribution in [0.1, 0.15) is 23.8 Å². The zero-order valence-corrected chi connectivity index (χ0v) is 10.4. The second-order valence-corrected chi connectivity index (χ2v) is 4.95. The first-order valence-electron chi connectivity index (χ1n) is 5.49. The summed E-state index contributed by atoms with van der Waals surface area (Å²) in [6.45, 7) is 2.68. The monoisotopic (exact) mass is 240 g/mol. The van der Waals surface area contributed by atoms with Crippen LogP contribution in [-0.4, -0.2) is 34.2 Å². The van der Waals surface area contributed by atoms with Gasteiger partial charge in [-0.1, -0.05) is 0 Å². The minimum atomic E-state index is 0.140. The molecule has 1 unspecified atom stereocenters. The lowest BCUT2D eigenvalue weighted by Crippen LogP contribution is -2.19. The second-order valence-electron chi connectivity index (χ2n) is 3.80. The van der Waals surface area contributed by atoms with E-state index in [0.29, 0.717) is 18.0 Å². The molecule has 5 heteroatoms. The van der Waals surface area contributed by atoms with E-state index in [2.05, 4.69) is 5.10 Å². The minimum absolute atomic E-state index is 0.140. The molecule has 0 N–H and O–H groups in total. The highest BCUT2D eigenvalue weighted by Gasteiger charge is 2.29. The van der Waals surface area contributed by atoms with Crippen molar-refractivity contribution in [1.29, 1.82) is 0 Å². The van der Waals surface area contributed by atoms with Crippen molar-refractivity contribution in [3.63, 3.8) is 0 Å². The molecule has 0 spiro atoms. The third-order valence-electron chi connectivity index (χ3n) is 2.86. The van der Waals surface area contributed by atoms with E-state index >= 15 is 0 Å². The summed E-state index contributed by atoms with van der Waals surface area (Å²) in [5.41, 5.74) is 0.637. The zero-order chi connectivity index (χ0) is 11.5. The maximum absolute atomic E-state index is 12.3. The molecule has 0 radical (unpaired) electrons. The Balaban J connectivity index is 2.29. The Hall–Kier alpha value is -0.970. The number of ether oxygens (including phenoxy) is 1. The predicted octanol–water partition coefficient (Wildman–Crippen LogP) is 1.85. The van der Waals surface area contributed by atoms with Gasteiger partial charge >= 0.3 is 0 Å². The van der Waals surface area contributed by atoms with Crippen LogP contribution in [0.3, 0.4) is 0 Å². The quantitative estimate of drug-likeness (QED) is 0.753. The number of aryl methyl sites for hydroxylation is 1. The zero-order valence-electron chi connectivity index (χ0n) is 9.60. The van der Waals surface area contributed by atoms with E-state index in [0.717, 1.165) is 17.9 Å². The van der Waals surface area contributed by atoms with Gasteiger partial charge in [0.1, 0.15) is 5.69 Å². The van der Waals surface area contributed by atoms with Crippen LogP contribution in [-0.2, 0) is 6.54 Å². The fraction of sp³-hybridized carbons (Fsp3) is 0.636. The molecule has 4 nitrogen and oxygen atoms in total. The highest BCUT2D eigenvalue weighted by molar-refractivity contribution is 7.99. The Morgan fingerprint density at radius 1 is 1.75 bits per heavy atom. The molecule has 0 bridgehead atoms. The lowest BCUT2D eigenvalue weighted by atomic mass is 10.0. The van der Waals surface area contributed by atoms with E-state index < -0.39 is 0 Å². The van der Waals surface area contributed by atoms with E-state index in [1.54, 1.807) is 18.0 Å². The molecular formula is C11H16N2O2S. The lowest BCUT2D eigenvalue weighted by molar-refractivity contribution is 0.0919. The van der Waals surface area contributed by atoms with Gasteiger partial charge in [0.2, 0.25) is 0 Å². The van der Waals surface area contributed by atoms with E-state index in [4.69, 9.17) is 4.74 Å². The Bertz CT molecular complexity index is 362. The molecule has 1 atom stereocenters. The van der Waals surface area contributed by atoms with Crippen LogP contribution in [0.4, 0.5) is 0 Å². The third-order valence-corrected chi connectivity index (χ3v) is 4.02. The third kappa shape index (κ3) is 1.96. The molecule has 1 saturated heterocycles. The number of rotatable bonds is 4. The number of nitrogens with zero attached hydrogens (tertiary/aromatic N) is 2. The van der Waals surface area contributed by atoms with Crippen LogP contribution in [0.5, 0.6) is 5.75 Å². The number of thioether (sulfide) groups is 1. The maximum Gasteiger partial charge on any atom is 0.188 e. The molecule has 88 valence electrons. The summed E-state index contributed by atoms with van der Waals surface area (Å²) < 4.78 is 6.92. The summed E-state index contributed by atoms with van der Waals surface area (Å²) in [6.07, 6.45) is 2.60. The van der Waals surface area contributed by atoms with Crippen LogP contribution in [0.15, 0.2) is 6.20 Å². The van der Waals surface area contributed by atoms with Gasteiger partial charge in [-0.25, -0.2) is 0 Å². The molecule has 0 saturated carbocycles. The summed E-state index contributed by atoms with van der Waals surface area (Å²) in [6, 6.07) is 0. The first kappa shape index (κ1) is 11.5. The number of aromatic nitrogens is 2. The number of carbonyl (C=O) groups excluding carboxylic acids is 1. The number of hydrogen-bond donors (Lipinski definition) is 0. The number of ketones is 1. The van der Waals surface area contributed by atoms with Crippen molar-refractivity contribution >= 4 is 17.5 Å². The van der Waals surface area contributed by atoms with Crippen LogP contribution < -0.4 is 4.74 Å². The summed E-state index contributed by atoms with van der Waals surface area (Å²) in [5.74, 6) is 2.93. The highest BCUT2D eigenvalue weighted by atomic mass is 32.2. The fourth-order valence-electron chi connectivity index (χ4n) is 1.94. The smallest absolute Gasteiger partial charge is 0.188 e. The first-order chi connectivity index (χ1) is 7.77. The average Bonchev–Trinajstić information content (AvgIpc) is 2.96. The normalized spacial score (nSPS) is 20.0. The SMILES string of the molecule is CCn1ncc(OC)c1C(=O)C1CCSC1. The van der Waals surface area contributed by atoms with E-state index in [1.165, 1.54) is 0 Å². The number of carbonyl (C=O) groups is 1. The molecule has 2 rings (SSSR count). The first-order valence-corrected chi connectivity index (χ1v) is 6.65. The van der Waals surface area contributed by atoms with Crippen molar-refractivity contribution < 1.29 is 9.53 Å². The van der Waals surface area contributed by atoms with Gasteiger partial charge in [-0.2, -0.15) is 16.9 Å². The Morgan fingerprint density at radius 2 is 2.56 bits per heavy atom. The predicted molar refractivity (Wildman–Crippen MR) is 64.2 cm³/mol. The van der Waals surface area contributed by atoms with Crippen LogP contribution >= 0.6 is 11.8 Å². The van der Waals surface area contributed by atoms with Crippen LogP contribution in [0.2, 0.25) is 0 Å². The van der Waals surface area contributed by atoms with E-state index in [1.807, 2.05) is 18.7 Å². The van der Waals surface area contributed by atoms with Gasteiger partial charge in [-0.3, -0.25) is 9.48 Å². The molecule has 16 heavy (non-hydrogen) atoms. The fourth-order valence-corrected chi connectivity index (χ4v) is 3.16. The minimum Gasteiger partial charge on any atom is -0.493 e. The molecule has 0 aliphatic carbocycles. The van der Waals surface area contributed by atoms with Gasteiger partial charge in [-0.15, -0.1) is 0 Å². The van der Waals surface area contributed by atoms with Crippen molar-refractivity contribution in [2.45, 2.75) is 19.9 Å². The molecule has 2 heterocycles. The van der Waals surface area contributed by atoms with Gasteiger partial charge < -0.3 is 4.74 Å². The van der Waals surface area contributed by atoms with Gasteiger partial charge in [0.25, 0.3) is 0 Å². The van der Waals surface area contributed by atoms with Crippen molar-refractivity contribution in [1.82, 2.24) is 9.78 Å². The van der Waals surface area contributed by atoms with Gasteiger partial charge in [0.05, 0.1) is 13.3 Å². The number of Topliss-reactive ketones (excluding diaryl/α,β-unsaturated/α-hetero) is 1. The van der Waals surface area contributed by atoms with Gasteiger partial charge in [-0.05, 0) is 19.1 Å². The van der Waals surface area contributed by atoms with E-state index in [-0.39, 0.29) is 11.7 Å². The topological polar surface area (TPSA) is 44.1 Å². The van der Waals surface area contributed by atoms with Crippen molar-refractivity contribution in [3.8, 4) is 5.75 Å². The lowest BCUT2D eigenvalue weighted by Gasteiger charge is -2.10. The van der Waals surface area contributed by atoms with Crippen LogP contribution in [0, 0.1) is 5.92 Å². The summed E-state index contributed by atoms with van der Waals surface area (Å²) in [5, 5.41) is 4.16. The van der Waals surface area contributed by atoms with Gasteiger partial charge in [0, 0.05) is 18.2 Å². The molecule has 1 aromatic rings. The Kier molecular flexibility index (Phi) is 3.53. The molecule has 1 aliphatic rings. The molecule has 1 aliphatic heterocycles. The van der Waals surface area contributed by atoms with Gasteiger partial charge in [0.15, 0.2) is 11.5 Å². The van der Waals surface area contributed by atoms with E-state index in [9.17, 15) is 4.79 Å². The van der Waals surface area contributed by atoms with Crippen LogP contribution in [0.25, 0.3) is 0 Å². The summed E-state index contributed by atoms with van der Waals surface area (Å²) in [4.78, 5) is 12.3. The molecule has 0 aromatic carbocycles. The molecule has 0 amide bonds. The Morgan fingerprint density at radius 3 is 3.12 bits per heavy atom. The summed E-state index contributed by atoms with van der Waals surface area (Å²) >= 11 is 1.84. The second kappa shape index (κ2) is 4.91. The maximum atomic E-state index is 12.3. The van der Waals surface area contributed by atoms with Crippen molar-refractivity contribution in [2.24, 2.45) is 5.92 Å². The van der Waals surface area contributed by atoms with Crippen molar-refractivity contribution in [3.05, 3.63) is 11.9 Å². The number of hydrogen-bond acceptors (Lipinski definition) is 4. The van der Waals surface area contributed by atoms with Crippen molar-refractivity contribution in [2.75, 3.05) is 18.6 Å². The average molecular weight is 240 g/mol. The molecular weight excluding hydrogens is 224 g/mol. The molecule has 1 fully saturated rings. The standard InChI is InChI=1S/C11H16N2O2S/c1-3-13-10(9(15-2)6-12-13)11(14)8-4-5-16-7-8/h6,8H,3-5,7H2,1-2H3. The molecule has 1 aromatic heterocycles.